The van der Waals surface area contributed by atoms with Gasteiger partial charge in [-0.05, 0) is 30.6 Å². The first-order valence-electron chi connectivity index (χ1n) is 4.71. The Morgan fingerprint density at radius 1 is 1.67 bits per heavy atom. The number of rotatable bonds is 2. The Kier molecular flexibility index (Phi) is 2.71. The first kappa shape index (κ1) is 9.50. The van der Waals surface area contributed by atoms with Crippen LogP contribution >= 0.6 is 0 Å². The summed E-state index contributed by atoms with van der Waals surface area (Å²) >= 11 is 0. The number of hydrogen-bond acceptors (Lipinski definition) is 1. The third-order valence-corrected chi connectivity index (χ3v) is 3.34. The van der Waals surface area contributed by atoms with E-state index in [0.29, 0.717) is 12.3 Å². The molecule has 1 nitrogen and oxygen atoms in total. The third kappa shape index (κ3) is 1.60. The number of aldehydes is 1. The molecule has 1 atom stereocenters. The van der Waals surface area contributed by atoms with E-state index >= 15 is 0 Å². The second-order valence-corrected chi connectivity index (χ2v) is 4.32. The smallest absolute Gasteiger partial charge is 0.120 e. The van der Waals surface area contributed by atoms with Gasteiger partial charge in [0.25, 0.3) is 0 Å². The molecule has 1 aliphatic rings. The van der Waals surface area contributed by atoms with Crippen LogP contribution in [-0.4, -0.2) is 6.29 Å². The summed E-state index contributed by atoms with van der Waals surface area (Å²) in [5.74, 6) is 0.524. The maximum atomic E-state index is 10.4. The van der Waals surface area contributed by atoms with Gasteiger partial charge >= 0.3 is 0 Å². The van der Waals surface area contributed by atoms with Crippen LogP contribution in [0.25, 0.3) is 0 Å². The van der Waals surface area contributed by atoms with E-state index in [1.165, 1.54) is 18.4 Å². The van der Waals surface area contributed by atoms with E-state index in [2.05, 4.69) is 20.4 Å². The lowest BCUT2D eigenvalue weighted by atomic mass is 9.65. The molecule has 0 amide bonds. The molecule has 1 rings (SSSR count). The van der Waals surface area contributed by atoms with Crippen molar-refractivity contribution >= 4 is 6.29 Å². The summed E-state index contributed by atoms with van der Waals surface area (Å²) in [6.45, 7) is 8.51. The maximum Gasteiger partial charge on any atom is 0.120 e. The fourth-order valence-electron chi connectivity index (χ4n) is 2.06. The van der Waals surface area contributed by atoms with Gasteiger partial charge in [-0.2, -0.15) is 0 Å². The first-order valence-corrected chi connectivity index (χ1v) is 4.71. The highest BCUT2D eigenvalue weighted by molar-refractivity contribution is 5.50. The van der Waals surface area contributed by atoms with E-state index < -0.39 is 0 Å². The van der Waals surface area contributed by atoms with Crippen molar-refractivity contribution in [3.05, 3.63) is 12.2 Å². The molecule has 1 aliphatic carbocycles. The molecule has 0 heterocycles. The highest BCUT2D eigenvalue weighted by Gasteiger charge is 2.34. The number of allylic oxidation sites excluding steroid dienone is 1. The summed E-state index contributed by atoms with van der Waals surface area (Å²) in [5, 5.41) is 0. The second kappa shape index (κ2) is 3.42. The number of carbonyl (C=O) groups is 1. The Morgan fingerprint density at radius 2 is 2.33 bits per heavy atom. The van der Waals surface area contributed by atoms with Crippen molar-refractivity contribution in [1.29, 1.82) is 0 Å². The van der Waals surface area contributed by atoms with Gasteiger partial charge in [0.2, 0.25) is 0 Å². The van der Waals surface area contributed by atoms with Crippen LogP contribution in [0.4, 0.5) is 0 Å². The molecule has 0 spiro atoms. The van der Waals surface area contributed by atoms with Crippen LogP contribution in [0.15, 0.2) is 12.2 Å². The van der Waals surface area contributed by atoms with Crippen LogP contribution in [0.2, 0.25) is 0 Å². The van der Waals surface area contributed by atoms with Crippen LogP contribution in [0, 0.1) is 11.3 Å². The molecule has 0 aliphatic heterocycles. The number of hydrogen-bond donors (Lipinski definition) is 0. The van der Waals surface area contributed by atoms with Gasteiger partial charge in [-0.25, -0.2) is 0 Å². The molecule has 0 aromatic heterocycles. The summed E-state index contributed by atoms with van der Waals surface area (Å²) in [6.07, 6.45) is 5.28. The Hall–Kier alpha value is -0.590. The van der Waals surface area contributed by atoms with Gasteiger partial charge in [0, 0.05) is 6.42 Å². The van der Waals surface area contributed by atoms with Gasteiger partial charge in [0.1, 0.15) is 6.29 Å². The van der Waals surface area contributed by atoms with Gasteiger partial charge in [0.15, 0.2) is 0 Å². The quantitative estimate of drug-likeness (QED) is 0.455. The molecule has 1 saturated carbocycles. The average molecular weight is 166 g/mol. The average Bonchev–Trinajstić information content (AvgIpc) is 2.00. The van der Waals surface area contributed by atoms with Gasteiger partial charge in [-0.15, -0.1) is 0 Å². The Labute approximate surface area is 74.9 Å². The van der Waals surface area contributed by atoms with Crippen molar-refractivity contribution in [2.45, 2.75) is 39.5 Å². The minimum Gasteiger partial charge on any atom is -0.303 e. The van der Waals surface area contributed by atoms with Gasteiger partial charge in [-0.3, -0.25) is 0 Å². The molecular weight excluding hydrogens is 148 g/mol. The standard InChI is InChI=1S/C11H18O/c1-9-5-4-6-10(7-8-12)11(9,2)3/h8,10H,1,4-7H2,2-3H3. The maximum absolute atomic E-state index is 10.4. The van der Waals surface area contributed by atoms with Crippen LogP contribution < -0.4 is 0 Å². The molecule has 1 fully saturated rings. The summed E-state index contributed by atoms with van der Waals surface area (Å²) in [4.78, 5) is 10.4. The van der Waals surface area contributed by atoms with Crippen molar-refractivity contribution in [3.63, 3.8) is 0 Å². The van der Waals surface area contributed by atoms with E-state index in [1.54, 1.807) is 0 Å². The summed E-state index contributed by atoms with van der Waals surface area (Å²) in [5.41, 5.74) is 1.50. The minimum atomic E-state index is 0.180. The van der Waals surface area contributed by atoms with Crippen molar-refractivity contribution in [1.82, 2.24) is 0 Å². The van der Waals surface area contributed by atoms with Crippen LogP contribution in [-0.2, 0) is 4.79 Å². The molecule has 0 N–H and O–H groups in total. The van der Waals surface area contributed by atoms with E-state index in [-0.39, 0.29) is 5.41 Å². The van der Waals surface area contributed by atoms with E-state index in [0.717, 1.165) is 12.7 Å². The second-order valence-electron chi connectivity index (χ2n) is 4.32. The highest BCUT2D eigenvalue weighted by Crippen LogP contribution is 2.44. The summed E-state index contributed by atoms with van der Waals surface area (Å²) in [6, 6.07) is 0. The molecule has 0 saturated heterocycles. The van der Waals surface area contributed by atoms with Crippen molar-refractivity contribution in [2.75, 3.05) is 0 Å². The Bertz CT molecular complexity index is 191. The largest absolute Gasteiger partial charge is 0.303 e. The fraction of sp³-hybridized carbons (Fsp3) is 0.727. The van der Waals surface area contributed by atoms with E-state index in [9.17, 15) is 4.79 Å². The Balaban J connectivity index is 2.71. The van der Waals surface area contributed by atoms with Gasteiger partial charge in [-0.1, -0.05) is 26.0 Å². The number of carbonyl (C=O) groups excluding carboxylic acids is 1. The summed E-state index contributed by atoms with van der Waals surface area (Å²) in [7, 11) is 0. The molecule has 1 heteroatoms. The molecule has 0 radical (unpaired) electrons. The summed E-state index contributed by atoms with van der Waals surface area (Å²) < 4.78 is 0. The van der Waals surface area contributed by atoms with Crippen molar-refractivity contribution < 1.29 is 4.79 Å². The SMILES string of the molecule is C=C1CCCC(CC=O)C1(C)C. The van der Waals surface area contributed by atoms with Crippen LogP contribution in [0.1, 0.15) is 39.5 Å². The monoisotopic (exact) mass is 166 g/mol. The molecule has 0 bridgehead atoms. The normalized spacial score (nSPS) is 28.5. The first-order chi connectivity index (χ1) is 5.59. The lowest BCUT2D eigenvalue weighted by molar-refractivity contribution is -0.109. The molecule has 0 aromatic rings. The zero-order valence-electron chi connectivity index (χ0n) is 8.10. The van der Waals surface area contributed by atoms with Crippen LogP contribution in [0.3, 0.4) is 0 Å². The zero-order chi connectivity index (χ0) is 9.19. The molecule has 12 heavy (non-hydrogen) atoms. The molecular formula is C11H18O. The fourth-order valence-corrected chi connectivity index (χ4v) is 2.06. The minimum absolute atomic E-state index is 0.180. The molecule has 1 unspecified atom stereocenters. The van der Waals surface area contributed by atoms with Crippen LogP contribution in [0.5, 0.6) is 0 Å². The third-order valence-electron chi connectivity index (χ3n) is 3.34. The lowest BCUT2D eigenvalue weighted by Gasteiger charge is -2.39. The predicted octanol–water partition coefficient (Wildman–Crippen LogP) is 2.96. The van der Waals surface area contributed by atoms with Crippen molar-refractivity contribution in [3.8, 4) is 0 Å². The van der Waals surface area contributed by atoms with Gasteiger partial charge in [0.05, 0.1) is 0 Å². The van der Waals surface area contributed by atoms with Crippen molar-refractivity contribution in [2.24, 2.45) is 11.3 Å². The van der Waals surface area contributed by atoms with Gasteiger partial charge < -0.3 is 4.79 Å². The zero-order valence-corrected chi connectivity index (χ0v) is 8.10. The van der Waals surface area contributed by atoms with E-state index in [1.807, 2.05) is 0 Å². The highest BCUT2D eigenvalue weighted by atomic mass is 16.1. The van der Waals surface area contributed by atoms with E-state index in [4.69, 9.17) is 0 Å². The molecule has 0 aromatic carbocycles. The predicted molar refractivity (Wildman–Crippen MR) is 50.9 cm³/mol. The topological polar surface area (TPSA) is 17.1 Å². The lowest BCUT2D eigenvalue weighted by Crippen LogP contribution is -2.30. The molecule has 68 valence electrons. The Morgan fingerprint density at radius 3 is 2.92 bits per heavy atom.